The standard InChI is InChI=1S/C32H39ClN8O9/c1-4-32(5-2,38-29(42)24-20-36-30(49-19-16-46-3)26(37-24)21-6-8-22(33)9-7-21)31(43)35-13-15-48-18-17-47-14-12-34-23-10-11-25(41(44)45)28-27(23)39-50-40-28/h6-11,20,34H,4-5,12-19H2,1-3H3,(H,35,43)(H,38,42). The van der Waals surface area contributed by atoms with Gasteiger partial charge in [0.25, 0.3) is 5.91 Å². The number of rotatable bonds is 21. The topological polar surface area (TPSA) is 215 Å². The molecule has 268 valence electrons. The van der Waals surface area contributed by atoms with E-state index < -0.39 is 16.4 Å². The van der Waals surface area contributed by atoms with Crippen LogP contribution in [0.3, 0.4) is 0 Å². The van der Waals surface area contributed by atoms with Gasteiger partial charge in [0.05, 0.1) is 49.8 Å². The average Bonchev–Trinajstić information content (AvgIpc) is 3.62. The first-order chi connectivity index (χ1) is 24.2. The van der Waals surface area contributed by atoms with Crippen LogP contribution in [0.25, 0.3) is 22.3 Å². The summed E-state index contributed by atoms with van der Waals surface area (Å²) < 4.78 is 26.6. The number of fused-ring (bicyclic) bond motifs is 1. The second-order valence-corrected chi connectivity index (χ2v) is 11.2. The Bertz CT molecular complexity index is 1730. The molecule has 0 saturated heterocycles. The van der Waals surface area contributed by atoms with Crippen LogP contribution < -0.4 is 20.7 Å². The Balaban J connectivity index is 1.22. The van der Waals surface area contributed by atoms with Crippen LogP contribution in [0.4, 0.5) is 11.4 Å². The largest absolute Gasteiger partial charge is 0.474 e. The van der Waals surface area contributed by atoms with Gasteiger partial charge in [0, 0.05) is 36.9 Å². The first-order valence-corrected chi connectivity index (χ1v) is 16.2. The number of hydrogen-bond acceptors (Lipinski definition) is 14. The minimum Gasteiger partial charge on any atom is -0.474 e. The van der Waals surface area contributed by atoms with E-state index in [0.717, 1.165) is 0 Å². The van der Waals surface area contributed by atoms with Gasteiger partial charge >= 0.3 is 5.69 Å². The van der Waals surface area contributed by atoms with Crippen LogP contribution in [-0.2, 0) is 19.0 Å². The summed E-state index contributed by atoms with van der Waals surface area (Å²) in [5.41, 5.74) is 0.479. The van der Waals surface area contributed by atoms with Gasteiger partial charge in [0.2, 0.25) is 17.3 Å². The van der Waals surface area contributed by atoms with Crippen molar-refractivity contribution in [3.63, 3.8) is 0 Å². The number of nitrogens with one attached hydrogen (secondary N) is 3. The molecule has 2 aromatic heterocycles. The van der Waals surface area contributed by atoms with Crippen LogP contribution in [0.5, 0.6) is 5.88 Å². The molecular weight excluding hydrogens is 676 g/mol. The van der Waals surface area contributed by atoms with E-state index in [1.807, 2.05) is 13.8 Å². The Morgan fingerprint density at radius 3 is 2.32 bits per heavy atom. The van der Waals surface area contributed by atoms with Crippen molar-refractivity contribution < 1.29 is 38.1 Å². The van der Waals surface area contributed by atoms with Crippen LogP contribution in [0.1, 0.15) is 37.2 Å². The highest BCUT2D eigenvalue weighted by molar-refractivity contribution is 6.30. The quantitative estimate of drug-likeness (QED) is 0.0636. The third-order valence-corrected chi connectivity index (χ3v) is 7.92. The van der Waals surface area contributed by atoms with E-state index in [0.29, 0.717) is 61.2 Å². The molecule has 2 heterocycles. The molecule has 0 aliphatic carbocycles. The monoisotopic (exact) mass is 714 g/mol. The molecule has 0 aliphatic heterocycles. The van der Waals surface area contributed by atoms with Crippen LogP contribution in [0.15, 0.2) is 47.2 Å². The molecule has 17 nitrogen and oxygen atoms in total. The zero-order valence-electron chi connectivity index (χ0n) is 27.9. The third-order valence-electron chi connectivity index (χ3n) is 7.67. The molecule has 0 atom stereocenters. The van der Waals surface area contributed by atoms with E-state index >= 15 is 0 Å². The van der Waals surface area contributed by atoms with Gasteiger partial charge in [-0.25, -0.2) is 14.6 Å². The number of nitro benzene ring substituents is 1. The molecule has 2 aromatic carbocycles. The first-order valence-electron chi connectivity index (χ1n) is 15.9. The van der Waals surface area contributed by atoms with Gasteiger partial charge in [-0.1, -0.05) is 37.6 Å². The van der Waals surface area contributed by atoms with Crippen LogP contribution in [-0.4, -0.2) is 102 Å². The SMILES string of the molecule is CCC(CC)(NC(=O)c1cnc(OCCOC)c(-c2ccc(Cl)cc2)n1)C(=O)NCCOCCOCCNc1ccc([N+](=O)[O-])c2nonc12. The lowest BCUT2D eigenvalue weighted by Gasteiger charge is -2.31. The van der Waals surface area contributed by atoms with E-state index in [9.17, 15) is 19.7 Å². The maximum absolute atomic E-state index is 13.4. The summed E-state index contributed by atoms with van der Waals surface area (Å²) in [6.45, 7) is 5.97. The fourth-order valence-corrected chi connectivity index (χ4v) is 4.95. The molecule has 0 unspecified atom stereocenters. The molecule has 4 aromatic rings. The van der Waals surface area contributed by atoms with Gasteiger partial charge in [-0.3, -0.25) is 19.7 Å². The maximum Gasteiger partial charge on any atom is 0.300 e. The van der Waals surface area contributed by atoms with E-state index in [1.54, 1.807) is 31.4 Å². The van der Waals surface area contributed by atoms with Gasteiger partial charge in [0.1, 0.15) is 23.5 Å². The number of halogens is 1. The summed E-state index contributed by atoms with van der Waals surface area (Å²) in [6, 6.07) is 9.75. The van der Waals surface area contributed by atoms with Crippen molar-refractivity contribution in [3.8, 4) is 17.1 Å². The Kier molecular flexibility index (Phi) is 14.2. The van der Waals surface area contributed by atoms with Crippen LogP contribution in [0, 0.1) is 10.1 Å². The summed E-state index contributed by atoms with van der Waals surface area (Å²) in [6.07, 6.45) is 1.97. The Morgan fingerprint density at radius 2 is 1.64 bits per heavy atom. The number of amides is 2. The molecule has 0 saturated carbocycles. The minimum absolute atomic E-state index is 0.0165. The molecule has 18 heteroatoms. The van der Waals surface area contributed by atoms with Gasteiger partial charge in [0.15, 0.2) is 5.52 Å². The summed E-state index contributed by atoms with van der Waals surface area (Å²) in [4.78, 5) is 46.2. The maximum atomic E-state index is 13.4. The molecule has 2 amide bonds. The predicted octanol–water partition coefficient (Wildman–Crippen LogP) is 3.82. The van der Waals surface area contributed by atoms with Crippen molar-refractivity contribution in [1.82, 2.24) is 30.9 Å². The number of carbonyl (C=O) groups excluding carboxylic acids is 2. The Labute approximate surface area is 292 Å². The molecule has 3 N–H and O–H groups in total. The minimum atomic E-state index is -1.19. The number of non-ortho nitro benzene ring substituents is 1. The molecule has 4 rings (SSSR count). The van der Waals surface area contributed by atoms with Crippen LogP contribution in [0.2, 0.25) is 5.02 Å². The lowest BCUT2D eigenvalue weighted by Crippen LogP contribution is -2.58. The highest BCUT2D eigenvalue weighted by Gasteiger charge is 2.37. The molecular formula is C32H39ClN8O9. The van der Waals surface area contributed by atoms with Crippen molar-refractivity contribution in [1.29, 1.82) is 0 Å². The number of hydrogen-bond donors (Lipinski definition) is 3. The van der Waals surface area contributed by atoms with Crippen molar-refractivity contribution in [2.75, 3.05) is 65.2 Å². The second-order valence-electron chi connectivity index (χ2n) is 10.8. The first kappa shape index (κ1) is 37.8. The molecule has 50 heavy (non-hydrogen) atoms. The number of methoxy groups -OCH3 is 1. The van der Waals surface area contributed by atoms with Crippen molar-refractivity contribution in [2.45, 2.75) is 32.2 Å². The Hall–Kier alpha value is -4.97. The second kappa shape index (κ2) is 18.7. The number of ether oxygens (including phenoxy) is 4. The molecule has 0 spiro atoms. The van der Waals surface area contributed by atoms with Gasteiger partial charge in [-0.2, -0.15) is 0 Å². The summed E-state index contributed by atoms with van der Waals surface area (Å²) >= 11 is 6.06. The van der Waals surface area contributed by atoms with E-state index in [-0.39, 0.29) is 60.6 Å². The number of aromatic nitrogens is 4. The normalized spacial score (nSPS) is 11.4. The predicted molar refractivity (Wildman–Crippen MR) is 182 cm³/mol. The van der Waals surface area contributed by atoms with Gasteiger partial charge < -0.3 is 34.9 Å². The highest BCUT2D eigenvalue weighted by Crippen LogP contribution is 2.29. The number of nitro groups is 1. The van der Waals surface area contributed by atoms with E-state index in [2.05, 4.69) is 40.9 Å². The van der Waals surface area contributed by atoms with Crippen molar-refractivity contribution >= 4 is 45.8 Å². The van der Waals surface area contributed by atoms with E-state index in [1.165, 1.54) is 18.3 Å². The average molecular weight is 715 g/mol. The van der Waals surface area contributed by atoms with Crippen molar-refractivity contribution in [3.05, 3.63) is 63.4 Å². The number of nitrogens with zero attached hydrogens (tertiary/aromatic N) is 5. The lowest BCUT2D eigenvalue weighted by atomic mass is 9.91. The fraction of sp³-hybridized carbons (Fsp3) is 0.438. The molecule has 0 aliphatic rings. The number of anilines is 1. The molecule has 0 bridgehead atoms. The summed E-state index contributed by atoms with van der Waals surface area (Å²) in [7, 11) is 1.56. The zero-order valence-corrected chi connectivity index (χ0v) is 28.7. The highest BCUT2D eigenvalue weighted by atomic mass is 35.5. The van der Waals surface area contributed by atoms with Crippen LogP contribution >= 0.6 is 11.6 Å². The van der Waals surface area contributed by atoms with E-state index in [4.69, 9.17) is 30.5 Å². The van der Waals surface area contributed by atoms with Gasteiger partial charge in [-0.15, -0.1) is 0 Å². The smallest absolute Gasteiger partial charge is 0.300 e. The summed E-state index contributed by atoms with van der Waals surface area (Å²) in [5.74, 6) is -0.685. The van der Waals surface area contributed by atoms with Crippen molar-refractivity contribution in [2.24, 2.45) is 0 Å². The summed E-state index contributed by atoms with van der Waals surface area (Å²) in [5, 5.41) is 27.8. The fourth-order valence-electron chi connectivity index (χ4n) is 4.83. The molecule has 0 fully saturated rings. The molecule has 0 radical (unpaired) electrons. The zero-order chi connectivity index (χ0) is 35.9. The Morgan fingerprint density at radius 1 is 0.940 bits per heavy atom. The van der Waals surface area contributed by atoms with Gasteiger partial charge in [-0.05, 0) is 41.4 Å². The third kappa shape index (κ3) is 9.81. The lowest BCUT2D eigenvalue weighted by molar-refractivity contribution is -0.383. The number of carbonyl (C=O) groups is 2. The number of benzene rings is 2.